The molecule has 1 aromatic heterocycles. The lowest BCUT2D eigenvalue weighted by atomic mass is 10.2. The molecule has 0 saturated heterocycles. The Kier molecular flexibility index (Phi) is 3.65. The average molecular weight is 293 g/mol. The molecule has 106 valence electrons. The standard InChI is InChI=1S/C13H15N3O3S/c1-9-5-6-10(20(14,18)19)8-11(9)15-13(17)12-4-3-7-16(12)2/h3-8H,1-2H3,(H,15,17)(H2,14,18,19). The summed E-state index contributed by atoms with van der Waals surface area (Å²) >= 11 is 0. The van der Waals surface area contributed by atoms with Crippen LogP contribution >= 0.6 is 0 Å². The number of aryl methyl sites for hydroxylation is 2. The molecule has 2 rings (SSSR count). The number of carbonyl (C=O) groups is 1. The van der Waals surface area contributed by atoms with Crippen LogP contribution < -0.4 is 10.5 Å². The first-order chi connectivity index (χ1) is 9.29. The summed E-state index contributed by atoms with van der Waals surface area (Å²) in [5, 5.41) is 7.77. The zero-order chi connectivity index (χ0) is 14.9. The number of nitrogens with zero attached hydrogens (tertiary/aromatic N) is 1. The number of sulfonamides is 1. The van der Waals surface area contributed by atoms with Gasteiger partial charge in [0, 0.05) is 18.9 Å². The third-order valence-corrected chi connectivity index (χ3v) is 3.87. The number of nitrogens with one attached hydrogen (secondary N) is 1. The second-order valence-electron chi connectivity index (χ2n) is 4.48. The highest BCUT2D eigenvalue weighted by atomic mass is 32.2. The molecule has 0 fully saturated rings. The molecule has 0 aliphatic rings. The molecule has 0 spiro atoms. The van der Waals surface area contributed by atoms with Crippen molar-refractivity contribution >= 4 is 21.6 Å². The van der Waals surface area contributed by atoms with E-state index in [1.165, 1.54) is 12.1 Å². The Morgan fingerprint density at radius 3 is 2.55 bits per heavy atom. The second kappa shape index (κ2) is 5.10. The molecule has 0 unspecified atom stereocenters. The first kappa shape index (κ1) is 14.3. The fraction of sp³-hybridized carbons (Fsp3) is 0.154. The van der Waals surface area contributed by atoms with Gasteiger partial charge in [-0.3, -0.25) is 4.79 Å². The molecule has 1 heterocycles. The maximum absolute atomic E-state index is 12.1. The normalized spacial score (nSPS) is 11.3. The maximum atomic E-state index is 12.1. The second-order valence-corrected chi connectivity index (χ2v) is 6.04. The van der Waals surface area contributed by atoms with Crippen molar-refractivity contribution < 1.29 is 13.2 Å². The van der Waals surface area contributed by atoms with E-state index in [4.69, 9.17) is 5.14 Å². The van der Waals surface area contributed by atoms with Gasteiger partial charge in [0.25, 0.3) is 5.91 Å². The zero-order valence-corrected chi connectivity index (χ0v) is 11.9. The highest BCUT2D eigenvalue weighted by molar-refractivity contribution is 7.89. The lowest BCUT2D eigenvalue weighted by molar-refractivity contribution is 0.101. The van der Waals surface area contributed by atoms with Gasteiger partial charge in [-0.25, -0.2) is 13.6 Å². The molecule has 0 radical (unpaired) electrons. The van der Waals surface area contributed by atoms with Crippen molar-refractivity contribution in [3.05, 3.63) is 47.8 Å². The van der Waals surface area contributed by atoms with E-state index >= 15 is 0 Å². The number of amides is 1. The van der Waals surface area contributed by atoms with Gasteiger partial charge in [0.1, 0.15) is 5.69 Å². The summed E-state index contributed by atoms with van der Waals surface area (Å²) in [6.07, 6.45) is 1.75. The van der Waals surface area contributed by atoms with Gasteiger partial charge in [-0.2, -0.15) is 0 Å². The van der Waals surface area contributed by atoms with Crippen LogP contribution in [0, 0.1) is 6.92 Å². The molecular formula is C13H15N3O3S. The summed E-state index contributed by atoms with van der Waals surface area (Å²) in [6.45, 7) is 1.77. The van der Waals surface area contributed by atoms with E-state index in [9.17, 15) is 13.2 Å². The van der Waals surface area contributed by atoms with Crippen LogP contribution in [0.15, 0.2) is 41.4 Å². The van der Waals surface area contributed by atoms with Gasteiger partial charge < -0.3 is 9.88 Å². The number of nitrogens with two attached hydrogens (primary N) is 1. The van der Waals surface area contributed by atoms with Crippen molar-refractivity contribution in [3.8, 4) is 0 Å². The Morgan fingerprint density at radius 2 is 2.00 bits per heavy atom. The van der Waals surface area contributed by atoms with Crippen LogP contribution in [0.1, 0.15) is 16.1 Å². The number of hydrogen-bond acceptors (Lipinski definition) is 3. The van der Waals surface area contributed by atoms with Gasteiger partial charge in [0.2, 0.25) is 10.0 Å². The largest absolute Gasteiger partial charge is 0.347 e. The molecule has 6 nitrogen and oxygen atoms in total. The predicted octanol–water partition coefficient (Wildman–Crippen LogP) is 1.23. The molecule has 1 aromatic carbocycles. The molecule has 3 N–H and O–H groups in total. The number of aromatic nitrogens is 1. The SMILES string of the molecule is Cc1ccc(S(N)(=O)=O)cc1NC(=O)c1cccn1C. The molecule has 20 heavy (non-hydrogen) atoms. The van der Waals surface area contributed by atoms with Crippen LogP contribution in [0.2, 0.25) is 0 Å². The Balaban J connectivity index is 2.34. The molecular weight excluding hydrogens is 278 g/mol. The summed E-state index contributed by atoms with van der Waals surface area (Å²) in [6, 6.07) is 7.78. The molecule has 1 amide bonds. The van der Waals surface area contributed by atoms with Crippen LogP contribution in [0.25, 0.3) is 0 Å². The van der Waals surface area contributed by atoms with Crippen molar-refractivity contribution in [1.82, 2.24) is 4.57 Å². The van der Waals surface area contributed by atoms with Crippen molar-refractivity contribution in [2.24, 2.45) is 12.2 Å². The number of benzene rings is 1. The lowest BCUT2D eigenvalue weighted by Crippen LogP contribution is -2.17. The van der Waals surface area contributed by atoms with Gasteiger partial charge in [-0.15, -0.1) is 0 Å². The molecule has 2 aromatic rings. The molecule has 0 aliphatic heterocycles. The fourth-order valence-electron chi connectivity index (χ4n) is 1.80. The zero-order valence-electron chi connectivity index (χ0n) is 11.1. The van der Waals surface area contributed by atoms with Crippen LogP contribution in [0.4, 0.5) is 5.69 Å². The minimum absolute atomic E-state index is 0.0368. The summed E-state index contributed by atoms with van der Waals surface area (Å²) in [4.78, 5) is 12.1. The van der Waals surface area contributed by atoms with Crippen LogP contribution in [-0.4, -0.2) is 18.9 Å². The van der Waals surface area contributed by atoms with E-state index in [0.29, 0.717) is 11.4 Å². The minimum Gasteiger partial charge on any atom is -0.347 e. The summed E-state index contributed by atoms with van der Waals surface area (Å²) in [5.74, 6) is -0.313. The Labute approximate surface area is 117 Å². The van der Waals surface area contributed by atoms with E-state index in [1.54, 1.807) is 42.9 Å². The highest BCUT2D eigenvalue weighted by Crippen LogP contribution is 2.20. The monoisotopic (exact) mass is 293 g/mol. The Morgan fingerprint density at radius 1 is 1.30 bits per heavy atom. The van der Waals surface area contributed by atoms with Gasteiger partial charge >= 0.3 is 0 Å². The lowest BCUT2D eigenvalue weighted by Gasteiger charge is -2.10. The molecule has 0 atom stereocenters. The predicted molar refractivity (Wildman–Crippen MR) is 75.9 cm³/mol. The third-order valence-electron chi connectivity index (χ3n) is 2.96. The minimum atomic E-state index is -3.80. The van der Waals surface area contributed by atoms with E-state index in [2.05, 4.69) is 5.32 Å². The number of carbonyl (C=O) groups excluding carboxylic acids is 1. The van der Waals surface area contributed by atoms with Crippen molar-refractivity contribution in [2.45, 2.75) is 11.8 Å². The number of primary sulfonamides is 1. The summed E-state index contributed by atoms with van der Waals surface area (Å²) in [5.41, 5.74) is 1.65. The van der Waals surface area contributed by atoms with Gasteiger partial charge in [-0.1, -0.05) is 6.07 Å². The summed E-state index contributed by atoms with van der Waals surface area (Å²) < 4.78 is 24.3. The first-order valence-corrected chi connectivity index (χ1v) is 7.40. The fourth-order valence-corrected chi connectivity index (χ4v) is 2.34. The molecule has 0 bridgehead atoms. The maximum Gasteiger partial charge on any atom is 0.272 e. The van der Waals surface area contributed by atoms with Gasteiger partial charge in [0.15, 0.2) is 0 Å². The molecule has 0 saturated carbocycles. The highest BCUT2D eigenvalue weighted by Gasteiger charge is 2.14. The smallest absolute Gasteiger partial charge is 0.272 e. The quantitative estimate of drug-likeness (QED) is 0.891. The van der Waals surface area contributed by atoms with Gasteiger partial charge in [0.05, 0.1) is 4.90 Å². The third kappa shape index (κ3) is 2.89. The van der Waals surface area contributed by atoms with Crippen LogP contribution in [0.5, 0.6) is 0 Å². The van der Waals surface area contributed by atoms with Crippen molar-refractivity contribution in [2.75, 3.05) is 5.32 Å². The number of hydrogen-bond donors (Lipinski definition) is 2. The number of rotatable bonds is 3. The van der Waals surface area contributed by atoms with E-state index in [1.807, 2.05) is 0 Å². The van der Waals surface area contributed by atoms with Crippen LogP contribution in [0.3, 0.4) is 0 Å². The number of anilines is 1. The summed E-state index contributed by atoms with van der Waals surface area (Å²) in [7, 11) is -2.04. The first-order valence-electron chi connectivity index (χ1n) is 5.85. The molecule has 7 heteroatoms. The van der Waals surface area contributed by atoms with Crippen molar-refractivity contribution in [1.29, 1.82) is 0 Å². The topological polar surface area (TPSA) is 94.2 Å². The van der Waals surface area contributed by atoms with E-state index < -0.39 is 10.0 Å². The Hall–Kier alpha value is -2.12. The van der Waals surface area contributed by atoms with Crippen LogP contribution in [-0.2, 0) is 17.1 Å². The average Bonchev–Trinajstić information content (AvgIpc) is 2.77. The van der Waals surface area contributed by atoms with Gasteiger partial charge in [-0.05, 0) is 36.8 Å². The van der Waals surface area contributed by atoms with Crippen molar-refractivity contribution in [3.63, 3.8) is 0 Å². The van der Waals surface area contributed by atoms with E-state index in [-0.39, 0.29) is 10.8 Å². The van der Waals surface area contributed by atoms with E-state index in [0.717, 1.165) is 5.56 Å². The molecule has 0 aliphatic carbocycles. The Bertz CT molecular complexity index is 763.